The third-order valence-corrected chi connectivity index (χ3v) is 1.68. The Morgan fingerprint density at radius 2 is 2.00 bits per heavy atom. The summed E-state index contributed by atoms with van der Waals surface area (Å²) in [5.74, 6) is -0.573. The van der Waals surface area contributed by atoms with Crippen molar-refractivity contribution in [2.24, 2.45) is 0 Å². The van der Waals surface area contributed by atoms with Crippen LogP contribution >= 0.6 is 0 Å². The van der Waals surface area contributed by atoms with E-state index in [9.17, 15) is 4.79 Å². The summed E-state index contributed by atoms with van der Waals surface area (Å²) in [6, 6.07) is 7.05. The number of hydrogen-bond donors (Lipinski definition) is 1. The van der Waals surface area contributed by atoms with Crippen molar-refractivity contribution in [2.45, 2.75) is 0 Å². The third-order valence-electron chi connectivity index (χ3n) is 1.68. The smallest absolute Gasteiger partial charge is 0.332 e. The zero-order valence-electron chi connectivity index (χ0n) is 6.64. The number of aromatic nitrogens is 2. The van der Waals surface area contributed by atoms with Crippen LogP contribution < -0.4 is 5.56 Å². The zero-order valence-corrected chi connectivity index (χ0v) is 6.64. The molecule has 1 heterocycles. The van der Waals surface area contributed by atoms with Gasteiger partial charge in [0.05, 0.1) is 5.52 Å². The number of para-hydroxylation sites is 1. The van der Waals surface area contributed by atoms with E-state index in [1.54, 1.807) is 18.2 Å². The van der Waals surface area contributed by atoms with Crippen LogP contribution in [0.2, 0.25) is 0 Å². The zero-order chi connectivity index (χ0) is 9.26. The van der Waals surface area contributed by atoms with Gasteiger partial charge in [-0.05, 0) is 6.07 Å². The molecule has 1 aromatic heterocycles. The molecule has 2 aromatic rings. The first-order valence-electron chi connectivity index (χ1n) is 3.72. The molecular weight excluding hydrogens is 168 g/mol. The van der Waals surface area contributed by atoms with Gasteiger partial charge >= 0.3 is 5.56 Å². The molecule has 0 atom stereocenters. The molecular formula is C9H6N2O2. The van der Waals surface area contributed by atoms with Gasteiger partial charge < -0.3 is 5.11 Å². The van der Waals surface area contributed by atoms with E-state index in [0.717, 1.165) is 5.39 Å². The van der Waals surface area contributed by atoms with Crippen LogP contribution in [0.4, 0.5) is 0 Å². The predicted octanol–water partition coefficient (Wildman–Crippen LogP) is 0.696. The summed E-state index contributed by atoms with van der Waals surface area (Å²) in [5, 5.41) is 9.73. The van der Waals surface area contributed by atoms with Crippen LogP contribution in [0.3, 0.4) is 0 Å². The van der Waals surface area contributed by atoms with E-state index in [1.165, 1.54) is 6.20 Å². The summed E-state index contributed by atoms with van der Waals surface area (Å²) in [5.41, 5.74) is -0.179. The van der Waals surface area contributed by atoms with Gasteiger partial charge in [0.15, 0.2) is 0 Å². The average Bonchev–Trinajstić information content (AvgIpc) is 2.28. The van der Waals surface area contributed by atoms with Crippen molar-refractivity contribution in [3.63, 3.8) is 0 Å². The molecule has 0 amide bonds. The van der Waals surface area contributed by atoms with E-state index in [1.807, 2.05) is 6.07 Å². The van der Waals surface area contributed by atoms with E-state index in [-0.39, 0.29) is 0 Å². The number of hydrogen-bond acceptors (Lipinski definition) is 4. The lowest BCUT2D eigenvalue weighted by atomic mass is 10.2. The van der Waals surface area contributed by atoms with Crippen LogP contribution in [0.5, 0.6) is 5.88 Å². The number of fused-ring (bicyclic) bond motifs is 1. The minimum absolute atomic E-state index is 0.528. The van der Waals surface area contributed by atoms with Crippen molar-refractivity contribution in [1.29, 1.82) is 0 Å². The topological polar surface area (TPSA) is 63.1 Å². The highest BCUT2D eigenvalue weighted by molar-refractivity contribution is 5.76. The van der Waals surface area contributed by atoms with Crippen molar-refractivity contribution < 1.29 is 5.11 Å². The Labute approximate surface area is 73.5 Å². The lowest BCUT2D eigenvalue weighted by Gasteiger charge is -1.85. The maximum absolute atomic E-state index is 11.0. The molecule has 0 unspecified atom stereocenters. The molecule has 0 saturated heterocycles. The molecule has 1 N–H and O–H groups in total. The molecule has 4 heteroatoms. The lowest BCUT2D eigenvalue weighted by molar-refractivity contribution is 0.446. The lowest BCUT2D eigenvalue weighted by Crippen LogP contribution is -2.01. The third kappa shape index (κ3) is 1.33. The quantitative estimate of drug-likeness (QED) is 0.638. The highest BCUT2D eigenvalue weighted by Gasteiger charge is 1.97. The first-order chi connectivity index (χ1) is 6.27. The van der Waals surface area contributed by atoms with Gasteiger partial charge in [0.2, 0.25) is 0 Å². The minimum atomic E-state index is -0.707. The average molecular weight is 174 g/mol. The molecule has 0 spiro atoms. The van der Waals surface area contributed by atoms with E-state index in [0.29, 0.717) is 5.52 Å². The molecule has 0 saturated carbocycles. The highest BCUT2D eigenvalue weighted by atomic mass is 16.3. The Kier molecular flexibility index (Phi) is 1.66. The Morgan fingerprint density at radius 3 is 2.85 bits per heavy atom. The molecule has 0 aliphatic rings. The molecule has 1 aromatic carbocycles. The summed E-state index contributed by atoms with van der Waals surface area (Å²) in [4.78, 5) is 18.2. The van der Waals surface area contributed by atoms with Gasteiger partial charge in [-0.1, -0.05) is 18.2 Å². The molecule has 0 aliphatic carbocycles. The van der Waals surface area contributed by atoms with Crippen LogP contribution in [-0.4, -0.2) is 15.1 Å². The van der Waals surface area contributed by atoms with Gasteiger partial charge in [0.25, 0.3) is 5.88 Å². The van der Waals surface area contributed by atoms with Crippen LogP contribution in [0, 0.1) is 0 Å². The molecule has 64 valence electrons. The Hall–Kier alpha value is -1.97. The first kappa shape index (κ1) is 7.67. The van der Waals surface area contributed by atoms with Crippen LogP contribution in [-0.2, 0) is 0 Å². The van der Waals surface area contributed by atoms with Gasteiger partial charge in [-0.25, -0.2) is 9.97 Å². The Bertz CT molecular complexity index is 511. The van der Waals surface area contributed by atoms with Crippen molar-refractivity contribution >= 4 is 10.9 Å². The maximum Gasteiger partial charge on any atom is 0.332 e. The Balaban J connectivity index is 2.97. The van der Waals surface area contributed by atoms with Gasteiger partial charge in [-0.15, -0.1) is 0 Å². The second-order valence-corrected chi connectivity index (χ2v) is 2.56. The Morgan fingerprint density at radius 1 is 1.23 bits per heavy atom. The fourth-order valence-electron chi connectivity index (χ4n) is 1.04. The summed E-state index contributed by atoms with van der Waals surface area (Å²) >= 11 is 0. The standard InChI is InChI=1S/C9H6N2O2/c12-8-9(13)11-7-4-2-1-3-6(7)5-10-8/h1-5H,(H,10,11,12,13). The highest BCUT2D eigenvalue weighted by Crippen LogP contribution is 2.06. The van der Waals surface area contributed by atoms with E-state index in [4.69, 9.17) is 5.11 Å². The summed E-state index contributed by atoms with van der Waals surface area (Å²) in [6.45, 7) is 0. The van der Waals surface area contributed by atoms with Crippen LogP contribution in [0.1, 0.15) is 0 Å². The van der Waals surface area contributed by atoms with E-state index < -0.39 is 11.4 Å². The number of rotatable bonds is 0. The molecule has 2 rings (SSSR count). The van der Waals surface area contributed by atoms with Gasteiger partial charge in [-0.3, -0.25) is 4.79 Å². The van der Waals surface area contributed by atoms with Gasteiger partial charge in [0.1, 0.15) is 0 Å². The molecule has 0 aliphatic heterocycles. The summed E-state index contributed by atoms with van der Waals surface area (Å²) in [6.07, 6.45) is 1.42. The van der Waals surface area contributed by atoms with Crippen LogP contribution in [0.25, 0.3) is 10.9 Å². The van der Waals surface area contributed by atoms with E-state index in [2.05, 4.69) is 9.97 Å². The van der Waals surface area contributed by atoms with Crippen LogP contribution in [0.15, 0.2) is 35.3 Å². The minimum Gasteiger partial charge on any atom is -0.489 e. The normalized spacial score (nSPS) is 10.2. The fraction of sp³-hybridized carbons (Fsp3) is 0. The van der Waals surface area contributed by atoms with E-state index >= 15 is 0 Å². The first-order valence-corrected chi connectivity index (χ1v) is 3.72. The second-order valence-electron chi connectivity index (χ2n) is 2.56. The second kappa shape index (κ2) is 2.82. The molecule has 13 heavy (non-hydrogen) atoms. The van der Waals surface area contributed by atoms with Gasteiger partial charge in [-0.2, -0.15) is 0 Å². The van der Waals surface area contributed by atoms with Crippen molar-refractivity contribution in [3.05, 3.63) is 40.8 Å². The SMILES string of the molecule is O=c1nc2ccccc2cnc1O. The monoisotopic (exact) mass is 174 g/mol. The summed E-state index contributed by atoms with van der Waals surface area (Å²) < 4.78 is 0. The molecule has 0 bridgehead atoms. The molecule has 0 radical (unpaired) electrons. The number of aromatic hydroxyl groups is 1. The predicted molar refractivity (Wildman–Crippen MR) is 47.5 cm³/mol. The fourth-order valence-corrected chi connectivity index (χ4v) is 1.04. The van der Waals surface area contributed by atoms with Crippen molar-refractivity contribution in [1.82, 2.24) is 9.97 Å². The van der Waals surface area contributed by atoms with Gasteiger partial charge in [0, 0.05) is 11.6 Å². The molecule has 0 fully saturated rings. The largest absolute Gasteiger partial charge is 0.489 e. The number of nitrogens with zero attached hydrogens (tertiary/aromatic N) is 2. The maximum atomic E-state index is 11.0. The summed E-state index contributed by atoms with van der Waals surface area (Å²) in [7, 11) is 0. The van der Waals surface area contributed by atoms with Crippen molar-refractivity contribution in [2.75, 3.05) is 0 Å². The van der Waals surface area contributed by atoms with Crippen molar-refractivity contribution in [3.8, 4) is 5.88 Å². The number of benzene rings is 1. The molecule has 4 nitrogen and oxygen atoms in total.